The maximum absolute atomic E-state index is 12.2. The van der Waals surface area contributed by atoms with Gasteiger partial charge in [-0.15, -0.1) is 12.4 Å². The summed E-state index contributed by atoms with van der Waals surface area (Å²) in [6, 6.07) is 20.3. The monoisotopic (exact) mass is 443 g/mol. The molecule has 0 bridgehead atoms. The Morgan fingerprint density at radius 2 is 1.68 bits per heavy atom. The molecule has 0 amide bonds. The molecule has 3 aromatic carbocycles. The maximum Gasteiger partial charge on any atom is 0.183 e. The fraction of sp³-hybridized carbons (Fsp3) is 0.208. The van der Waals surface area contributed by atoms with Gasteiger partial charge in [0.2, 0.25) is 0 Å². The van der Waals surface area contributed by atoms with Gasteiger partial charge in [-0.1, -0.05) is 42.5 Å². The van der Waals surface area contributed by atoms with Gasteiger partial charge < -0.3 is 24.5 Å². The number of benzene rings is 3. The first-order valence-electron chi connectivity index (χ1n) is 11.2. The summed E-state index contributed by atoms with van der Waals surface area (Å²) in [6.07, 6.45) is 0. The van der Waals surface area contributed by atoms with E-state index in [1.807, 2.05) is 42.5 Å². The van der Waals surface area contributed by atoms with Gasteiger partial charge in [0.05, 0.1) is 23.2 Å². The molecule has 0 aliphatic carbocycles. The maximum atomic E-state index is 12.2. The summed E-state index contributed by atoms with van der Waals surface area (Å²) in [5, 5.41) is 5.16. The number of para-hydroxylation sites is 4. The second kappa shape index (κ2) is 10.7. The minimum absolute atomic E-state index is 0. The number of rotatable bonds is 10. The summed E-state index contributed by atoms with van der Waals surface area (Å²) in [6.45, 7) is 0.701. The van der Waals surface area contributed by atoms with Crippen molar-refractivity contribution < 1.29 is 23.1 Å². The van der Waals surface area contributed by atoms with Gasteiger partial charge in [0.15, 0.2) is 17.3 Å². The Morgan fingerprint density at radius 1 is 0.935 bits per heavy atom. The van der Waals surface area contributed by atoms with Crippen LogP contribution in [0.5, 0.6) is 17.2 Å². The molecule has 31 heavy (non-hydrogen) atoms. The Kier molecular flexibility index (Phi) is 6.40. The zero-order valence-electron chi connectivity index (χ0n) is 19.7. The van der Waals surface area contributed by atoms with E-state index in [0.717, 1.165) is 21.8 Å². The highest BCUT2D eigenvalue weighted by molar-refractivity contribution is 6.09. The van der Waals surface area contributed by atoms with Gasteiger partial charge in [0, 0.05) is 22.8 Å². The number of nitrogens with one attached hydrogen (secondary N) is 2. The Balaban J connectivity index is 0.00000324. The van der Waals surface area contributed by atoms with Crippen LogP contribution in [0.3, 0.4) is 0 Å². The molecule has 0 saturated carbocycles. The van der Waals surface area contributed by atoms with Crippen LogP contribution < -0.4 is 19.5 Å². The van der Waals surface area contributed by atoms with E-state index in [2.05, 4.69) is 10.3 Å². The summed E-state index contributed by atoms with van der Waals surface area (Å²) in [5.41, 5.74) is 1.88. The van der Waals surface area contributed by atoms with Crippen molar-refractivity contribution in [2.24, 2.45) is 0 Å². The van der Waals surface area contributed by atoms with Gasteiger partial charge in [-0.2, -0.15) is 0 Å². The molecule has 1 aromatic heterocycles. The molecule has 0 fully saturated rings. The van der Waals surface area contributed by atoms with Crippen LogP contribution in [-0.4, -0.2) is 44.1 Å². The number of carbonyl (C=O) groups is 1. The van der Waals surface area contributed by atoms with E-state index in [1.54, 1.807) is 18.2 Å². The first kappa shape index (κ1) is 18.5. The predicted octanol–water partition coefficient (Wildman–Crippen LogP) is 4.37. The van der Waals surface area contributed by atoms with Crippen LogP contribution in [-0.2, 0) is 4.79 Å². The molecule has 6 nitrogen and oxygen atoms in total. The largest absolute Gasteiger partial charge is 0.493 e. The van der Waals surface area contributed by atoms with Crippen LogP contribution in [0.4, 0.5) is 0 Å². The molecule has 0 aliphatic heterocycles. The first-order chi connectivity index (χ1) is 15.9. The molecule has 0 aliphatic rings. The van der Waals surface area contributed by atoms with Gasteiger partial charge in [-0.3, -0.25) is 4.79 Å². The number of halogens is 1. The van der Waals surface area contributed by atoms with E-state index in [4.69, 9.17) is 18.3 Å². The smallest absolute Gasteiger partial charge is 0.183 e. The van der Waals surface area contributed by atoms with Crippen LogP contribution in [0.15, 0.2) is 66.7 Å². The molecule has 1 heterocycles. The van der Waals surface area contributed by atoms with Gasteiger partial charge in [0.25, 0.3) is 0 Å². The normalized spacial score (nSPS) is 12.5. The van der Waals surface area contributed by atoms with Gasteiger partial charge in [-0.05, 0) is 24.3 Å². The van der Waals surface area contributed by atoms with Crippen molar-refractivity contribution >= 4 is 40.0 Å². The lowest BCUT2D eigenvalue weighted by Gasteiger charge is -2.11. The van der Waals surface area contributed by atoms with E-state index in [9.17, 15) is 4.79 Å². The van der Waals surface area contributed by atoms with Crippen LogP contribution >= 0.6 is 12.4 Å². The number of hydrogen-bond acceptors (Lipinski definition) is 5. The zero-order valence-corrected chi connectivity index (χ0v) is 17.5. The molecule has 7 heteroatoms. The Hall–Kier alpha value is -3.22. The molecule has 0 atom stereocenters. The number of aromatic nitrogens is 1. The van der Waals surface area contributed by atoms with Crippen LogP contribution in [0, 0.1) is 0 Å². The number of hydrogen-bond donors (Lipinski definition) is 2. The molecule has 4 aromatic rings. The summed E-state index contributed by atoms with van der Waals surface area (Å²) >= 11 is 0. The summed E-state index contributed by atoms with van der Waals surface area (Å²) < 4.78 is 38.0. The van der Waals surface area contributed by atoms with Crippen molar-refractivity contribution in [3.05, 3.63) is 66.7 Å². The lowest BCUT2D eigenvalue weighted by molar-refractivity contribution is -0.120. The van der Waals surface area contributed by atoms with E-state index < -0.39 is 7.04 Å². The average Bonchev–Trinajstić information content (AvgIpc) is 3.17. The summed E-state index contributed by atoms with van der Waals surface area (Å²) in [7, 11) is -2.55. The number of methoxy groups -OCH3 is 1. The lowest BCUT2D eigenvalue weighted by Crippen LogP contribution is -2.30. The summed E-state index contributed by atoms with van der Waals surface area (Å²) in [5.74, 6) is 1.00. The number of fused-ring (bicyclic) bond motifs is 3. The molecule has 0 spiro atoms. The van der Waals surface area contributed by atoms with Crippen molar-refractivity contribution in [2.45, 2.75) is 0 Å². The molecule has 0 saturated heterocycles. The predicted molar refractivity (Wildman–Crippen MR) is 125 cm³/mol. The highest BCUT2D eigenvalue weighted by Gasteiger charge is 2.10. The third-order valence-corrected chi connectivity index (χ3v) is 4.71. The van der Waals surface area contributed by atoms with Crippen molar-refractivity contribution in [3.63, 3.8) is 0 Å². The minimum Gasteiger partial charge on any atom is -0.493 e. The number of ketones is 1. The van der Waals surface area contributed by atoms with Crippen molar-refractivity contribution in [2.75, 3.05) is 33.3 Å². The molecular formula is C24H25ClN2O4. The second-order valence-electron chi connectivity index (χ2n) is 6.75. The fourth-order valence-corrected chi connectivity index (χ4v) is 3.29. The van der Waals surface area contributed by atoms with Crippen molar-refractivity contribution in [1.82, 2.24) is 10.3 Å². The standard InChI is InChI=1S/C24H24N2O4.ClH/c1-28-21-10-4-5-11-22(21)29-14-13-25-15-17(27)16-30-23-12-6-8-19-18-7-2-3-9-20(18)26-24(19)23;/h2-12,25-26H,13-16H2,1H3;1H/i1D3;. The third kappa shape index (κ3) is 5.29. The topological polar surface area (TPSA) is 72.6 Å². The molecule has 0 unspecified atom stereocenters. The van der Waals surface area contributed by atoms with E-state index in [0.29, 0.717) is 18.0 Å². The highest BCUT2D eigenvalue weighted by Crippen LogP contribution is 2.31. The zero-order chi connectivity index (χ0) is 23.3. The molecular weight excluding hydrogens is 416 g/mol. The van der Waals surface area contributed by atoms with E-state index in [-0.39, 0.29) is 43.7 Å². The SMILES string of the molecule is Cl.[2H]C([2H])([2H])Oc1ccccc1OCCNCC(=O)COc1cccc2c1[nH]c1ccccc12. The number of Topliss-reactive ketones (excluding diaryl/α,β-unsaturated/α-hetero) is 1. The molecule has 0 radical (unpaired) electrons. The number of H-pyrrole nitrogens is 1. The molecule has 162 valence electrons. The van der Waals surface area contributed by atoms with E-state index in [1.165, 1.54) is 6.07 Å². The minimum atomic E-state index is -2.55. The summed E-state index contributed by atoms with van der Waals surface area (Å²) in [4.78, 5) is 15.6. The number of aromatic amines is 1. The van der Waals surface area contributed by atoms with Gasteiger partial charge >= 0.3 is 0 Å². The number of ether oxygens (including phenoxy) is 3. The van der Waals surface area contributed by atoms with Crippen LogP contribution in [0.25, 0.3) is 21.8 Å². The van der Waals surface area contributed by atoms with Gasteiger partial charge in [0.1, 0.15) is 19.0 Å². The average molecular weight is 444 g/mol. The third-order valence-electron chi connectivity index (χ3n) is 4.71. The Morgan fingerprint density at radius 3 is 2.55 bits per heavy atom. The fourth-order valence-electron chi connectivity index (χ4n) is 3.29. The van der Waals surface area contributed by atoms with Crippen molar-refractivity contribution in [1.29, 1.82) is 0 Å². The Bertz CT molecular complexity index is 1260. The lowest BCUT2D eigenvalue weighted by atomic mass is 10.1. The second-order valence-corrected chi connectivity index (χ2v) is 6.75. The number of carbonyl (C=O) groups excluding carboxylic acids is 1. The Labute approximate surface area is 191 Å². The van der Waals surface area contributed by atoms with Crippen molar-refractivity contribution in [3.8, 4) is 17.2 Å². The van der Waals surface area contributed by atoms with Gasteiger partial charge in [-0.25, -0.2) is 0 Å². The molecule has 4 rings (SSSR count). The van der Waals surface area contributed by atoms with E-state index >= 15 is 0 Å². The first-order valence-corrected chi connectivity index (χ1v) is 9.66. The molecule has 2 N–H and O–H groups in total. The highest BCUT2D eigenvalue weighted by atomic mass is 35.5. The van der Waals surface area contributed by atoms with Crippen LogP contribution in [0.2, 0.25) is 0 Å². The van der Waals surface area contributed by atoms with Crippen LogP contribution in [0.1, 0.15) is 4.11 Å². The quantitative estimate of drug-likeness (QED) is 0.356.